The molecule has 1 rings (SSSR count). The molecule has 5 heteroatoms. The molecule has 15 heavy (non-hydrogen) atoms. The lowest BCUT2D eigenvalue weighted by Gasteiger charge is -2.17. The van der Waals surface area contributed by atoms with E-state index in [0.29, 0.717) is 13.2 Å². The Labute approximate surface area is 98.4 Å². The number of ether oxygens (including phenoxy) is 1. The topological polar surface area (TPSA) is 47.3 Å². The summed E-state index contributed by atoms with van der Waals surface area (Å²) in [5.74, 6) is 0.166. The quantitative estimate of drug-likeness (QED) is 0.895. The Morgan fingerprint density at radius 2 is 2.27 bits per heavy atom. The Hall–Kier alpha value is -0.390. The monoisotopic (exact) mass is 276 g/mol. The fraction of sp³-hybridized carbons (Fsp3) is 0.700. The van der Waals surface area contributed by atoms with Gasteiger partial charge >= 0.3 is 0 Å². The average Bonchev–Trinajstić information content (AvgIpc) is 2.55. The molecule has 0 aliphatic carbocycles. The van der Waals surface area contributed by atoms with Crippen LogP contribution in [0.5, 0.6) is 0 Å². The van der Waals surface area contributed by atoms with Crippen LogP contribution < -0.4 is 0 Å². The van der Waals surface area contributed by atoms with E-state index in [1.54, 1.807) is 18.0 Å². The molecule has 0 radical (unpaired) electrons. The van der Waals surface area contributed by atoms with Crippen molar-refractivity contribution < 1.29 is 9.84 Å². The van der Waals surface area contributed by atoms with Gasteiger partial charge in [0.1, 0.15) is 0 Å². The van der Waals surface area contributed by atoms with Gasteiger partial charge in [0.2, 0.25) is 0 Å². The summed E-state index contributed by atoms with van der Waals surface area (Å²) >= 11 is 3.39. The second-order valence-corrected chi connectivity index (χ2v) is 4.64. The minimum atomic E-state index is -0.501. The van der Waals surface area contributed by atoms with Crippen molar-refractivity contribution in [3.05, 3.63) is 16.4 Å². The second-order valence-electron chi connectivity index (χ2n) is 3.78. The predicted octanol–water partition coefficient (Wildman–Crippen LogP) is 1.98. The molecule has 1 aromatic heterocycles. The van der Waals surface area contributed by atoms with Crippen molar-refractivity contribution in [3.63, 3.8) is 0 Å². The number of methoxy groups -OCH3 is 1. The van der Waals surface area contributed by atoms with E-state index < -0.39 is 6.10 Å². The summed E-state index contributed by atoms with van der Waals surface area (Å²) in [6, 6.07) is 0. The molecule has 1 aromatic rings. The highest BCUT2D eigenvalue weighted by Gasteiger charge is 2.20. The van der Waals surface area contributed by atoms with E-state index in [0.717, 1.165) is 10.2 Å². The summed E-state index contributed by atoms with van der Waals surface area (Å²) in [6.07, 6.45) is 1.20. The maximum Gasteiger partial charge on any atom is 0.0990 e. The Morgan fingerprint density at radius 3 is 2.80 bits per heavy atom. The van der Waals surface area contributed by atoms with Crippen molar-refractivity contribution >= 4 is 15.9 Å². The van der Waals surface area contributed by atoms with Gasteiger partial charge in [-0.1, -0.05) is 13.8 Å². The molecule has 4 nitrogen and oxygen atoms in total. The summed E-state index contributed by atoms with van der Waals surface area (Å²) in [6.45, 7) is 5.20. The van der Waals surface area contributed by atoms with Gasteiger partial charge in [0.25, 0.3) is 0 Å². The molecule has 0 bridgehead atoms. The number of aliphatic hydroxyl groups is 1. The Bertz CT molecular complexity index is 312. The smallest absolute Gasteiger partial charge is 0.0990 e. The van der Waals surface area contributed by atoms with Crippen molar-refractivity contribution in [1.82, 2.24) is 9.78 Å². The molecule has 1 unspecified atom stereocenters. The largest absolute Gasteiger partial charge is 0.387 e. The van der Waals surface area contributed by atoms with Gasteiger partial charge in [-0.15, -0.1) is 0 Å². The minimum Gasteiger partial charge on any atom is -0.387 e. The van der Waals surface area contributed by atoms with E-state index in [-0.39, 0.29) is 5.92 Å². The zero-order valence-corrected chi connectivity index (χ0v) is 10.9. The Morgan fingerprint density at radius 1 is 1.60 bits per heavy atom. The normalized spacial score (nSPS) is 13.5. The van der Waals surface area contributed by atoms with Crippen LogP contribution in [0.3, 0.4) is 0 Å². The predicted molar refractivity (Wildman–Crippen MR) is 61.6 cm³/mol. The maximum atomic E-state index is 10.0. The van der Waals surface area contributed by atoms with Crippen molar-refractivity contribution in [2.45, 2.75) is 26.5 Å². The van der Waals surface area contributed by atoms with Crippen LogP contribution in [-0.4, -0.2) is 28.6 Å². The third-order valence-corrected chi connectivity index (χ3v) is 2.86. The number of nitrogens with zero attached hydrogens (tertiary/aromatic N) is 2. The van der Waals surface area contributed by atoms with E-state index in [9.17, 15) is 5.11 Å². The van der Waals surface area contributed by atoms with Crippen LogP contribution in [-0.2, 0) is 11.3 Å². The first kappa shape index (κ1) is 12.7. The molecule has 86 valence electrons. The zero-order valence-electron chi connectivity index (χ0n) is 9.27. The van der Waals surface area contributed by atoms with Crippen molar-refractivity contribution in [2.75, 3.05) is 13.7 Å². The van der Waals surface area contributed by atoms with Crippen LogP contribution in [0.15, 0.2) is 10.7 Å². The molecule has 0 amide bonds. The second kappa shape index (κ2) is 5.63. The van der Waals surface area contributed by atoms with Gasteiger partial charge in [-0.3, -0.25) is 4.68 Å². The van der Waals surface area contributed by atoms with Gasteiger partial charge in [-0.2, -0.15) is 5.10 Å². The molecule has 0 aliphatic heterocycles. The fourth-order valence-corrected chi connectivity index (χ4v) is 1.87. The highest BCUT2D eigenvalue weighted by Crippen LogP contribution is 2.28. The standard InChI is InChI=1S/C10H17BrN2O2/c1-7(2)10(14)9-8(11)6-12-13(9)4-5-15-3/h6-7,10,14H,4-5H2,1-3H3. The van der Waals surface area contributed by atoms with Crippen molar-refractivity contribution in [3.8, 4) is 0 Å². The van der Waals surface area contributed by atoms with Gasteiger partial charge in [-0.25, -0.2) is 0 Å². The first-order valence-electron chi connectivity index (χ1n) is 4.96. The van der Waals surface area contributed by atoms with Crippen molar-refractivity contribution in [1.29, 1.82) is 0 Å². The van der Waals surface area contributed by atoms with Crippen LogP contribution in [0.1, 0.15) is 25.6 Å². The molecule has 0 fully saturated rings. The summed E-state index contributed by atoms with van der Waals surface area (Å²) in [5.41, 5.74) is 0.821. The van der Waals surface area contributed by atoms with Gasteiger partial charge in [0.15, 0.2) is 0 Å². The van der Waals surface area contributed by atoms with Crippen LogP contribution in [0.4, 0.5) is 0 Å². The van der Waals surface area contributed by atoms with Gasteiger partial charge in [0.05, 0.1) is 35.6 Å². The van der Waals surface area contributed by atoms with E-state index in [4.69, 9.17) is 4.74 Å². The molecule has 0 saturated carbocycles. The molecule has 1 N–H and O–H groups in total. The number of aliphatic hydroxyl groups excluding tert-OH is 1. The summed E-state index contributed by atoms with van der Waals surface area (Å²) in [5, 5.41) is 14.2. The van der Waals surface area contributed by atoms with Crippen molar-refractivity contribution in [2.24, 2.45) is 5.92 Å². The molecule has 0 aliphatic rings. The summed E-state index contributed by atoms with van der Waals surface area (Å²) < 4.78 is 7.62. The number of hydrogen-bond acceptors (Lipinski definition) is 3. The fourth-order valence-electron chi connectivity index (χ4n) is 1.34. The number of hydrogen-bond donors (Lipinski definition) is 1. The third-order valence-electron chi connectivity index (χ3n) is 2.25. The SMILES string of the molecule is COCCn1ncc(Br)c1C(O)C(C)C. The molecule has 0 spiro atoms. The lowest BCUT2D eigenvalue weighted by Crippen LogP contribution is -2.15. The molecular weight excluding hydrogens is 260 g/mol. The first-order valence-corrected chi connectivity index (χ1v) is 5.75. The van der Waals surface area contributed by atoms with Gasteiger partial charge in [-0.05, 0) is 21.8 Å². The van der Waals surface area contributed by atoms with Crippen LogP contribution in [0, 0.1) is 5.92 Å². The van der Waals surface area contributed by atoms with Gasteiger partial charge < -0.3 is 9.84 Å². The molecule has 0 aromatic carbocycles. The molecule has 1 heterocycles. The molecular formula is C10H17BrN2O2. The average molecular weight is 277 g/mol. The highest BCUT2D eigenvalue weighted by atomic mass is 79.9. The van der Waals surface area contributed by atoms with E-state index >= 15 is 0 Å². The Kier molecular flexibility index (Phi) is 4.76. The zero-order chi connectivity index (χ0) is 11.4. The van der Waals surface area contributed by atoms with E-state index in [2.05, 4.69) is 21.0 Å². The van der Waals surface area contributed by atoms with Crippen LogP contribution in [0.25, 0.3) is 0 Å². The minimum absolute atomic E-state index is 0.166. The number of halogens is 1. The maximum absolute atomic E-state index is 10.0. The van der Waals surface area contributed by atoms with Gasteiger partial charge in [0, 0.05) is 7.11 Å². The lowest BCUT2D eigenvalue weighted by atomic mass is 10.0. The Balaban J connectivity index is 2.88. The van der Waals surface area contributed by atoms with E-state index in [1.165, 1.54) is 0 Å². The lowest BCUT2D eigenvalue weighted by molar-refractivity contribution is 0.111. The van der Waals surface area contributed by atoms with E-state index in [1.807, 2.05) is 13.8 Å². The molecule has 1 atom stereocenters. The third kappa shape index (κ3) is 3.03. The molecule has 0 saturated heterocycles. The summed E-state index contributed by atoms with van der Waals surface area (Å²) in [7, 11) is 1.65. The highest BCUT2D eigenvalue weighted by molar-refractivity contribution is 9.10. The summed E-state index contributed by atoms with van der Waals surface area (Å²) in [4.78, 5) is 0. The van der Waals surface area contributed by atoms with Crippen LogP contribution >= 0.6 is 15.9 Å². The number of rotatable bonds is 5. The first-order chi connectivity index (χ1) is 7.07. The van der Waals surface area contributed by atoms with Crippen LogP contribution in [0.2, 0.25) is 0 Å². The number of aromatic nitrogens is 2.